The molecule has 1 rings (SSSR count). The van der Waals surface area contributed by atoms with E-state index in [0.717, 1.165) is 26.1 Å². The molecule has 0 saturated carbocycles. The normalized spacial score (nSPS) is 25.1. The van der Waals surface area contributed by atoms with Crippen molar-refractivity contribution < 1.29 is 9.53 Å². The average Bonchev–Trinajstić information content (AvgIpc) is 2.19. The third-order valence-corrected chi connectivity index (χ3v) is 2.76. The fourth-order valence-electron chi connectivity index (χ4n) is 2.02. The minimum atomic E-state index is -0.234. The summed E-state index contributed by atoms with van der Waals surface area (Å²) >= 11 is 0. The summed E-state index contributed by atoms with van der Waals surface area (Å²) < 4.78 is 5.57. The largest absolute Gasteiger partial charge is 0.374 e. The standard InChI is InChI=1S/C10H21N3O2/c1-3-9(10(11)14)13-4-5-15-8(7-13)6-12-2/h8-9,12H,3-7H2,1-2H3,(H2,11,14). The number of likely N-dealkylation sites (N-methyl/N-ethyl adjacent to an activating group) is 1. The van der Waals surface area contributed by atoms with Gasteiger partial charge in [0.2, 0.25) is 5.91 Å². The molecule has 2 unspecified atom stereocenters. The van der Waals surface area contributed by atoms with E-state index in [4.69, 9.17) is 10.5 Å². The van der Waals surface area contributed by atoms with Crippen LogP contribution in [0.4, 0.5) is 0 Å². The van der Waals surface area contributed by atoms with Crippen LogP contribution in [0.15, 0.2) is 0 Å². The van der Waals surface area contributed by atoms with E-state index in [2.05, 4.69) is 10.2 Å². The number of primary amides is 1. The summed E-state index contributed by atoms with van der Waals surface area (Å²) in [5, 5.41) is 3.08. The summed E-state index contributed by atoms with van der Waals surface area (Å²) in [7, 11) is 1.90. The van der Waals surface area contributed by atoms with Gasteiger partial charge in [0.15, 0.2) is 0 Å². The zero-order valence-electron chi connectivity index (χ0n) is 9.53. The minimum Gasteiger partial charge on any atom is -0.374 e. The van der Waals surface area contributed by atoms with Crippen molar-refractivity contribution in [1.29, 1.82) is 0 Å². The molecular formula is C10H21N3O2. The molecule has 1 aliphatic heterocycles. The first-order valence-electron chi connectivity index (χ1n) is 5.48. The molecule has 88 valence electrons. The van der Waals surface area contributed by atoms with Crippen LogP contribution in [0.2, 0.25) is 0 Å². The monoisotopic (exact) mass is 215 g/mol. The SMILES string of the molecule is CCC(C(N)=O)N1CCOC(CNC)C1. The molecule has 5 nitrogen and oxygen atoms in total. The number of hydrogen-bond acceptors (Lipinski definition) is 4. The number of nitrogens with two attached hydrogens (primary N) is 1. The topological polar surface area (TPSA) is 67.6 Å². The van der Waals surface area contributed by atoms with Crippen LogP contribution in [-0.2, 0) is 9.53 Å². The Balaban J connectivity index is 2.50. The Bertz CT molecular complexity index is 209. The van der Waals surface area contributed by atoms with Crippen LogP contribution in [0.3, 0.4) is 0 Å². The lowest BCUT2D eigenvalue weighted by atomic mass is 10.1. The quantitative estimate of drug-likeness (QED) is 0.628. The van der Waals surface area contributed by atoms with Crippen LogP contribution in [-0.4, -0.2) is 56.2 Å². The first-order valence-corrected chi connectivity index (χ1v) is 5.48. The molecule has 1 aliphatic rings. The molecule has 15 heavy (non-hydrogen) atoms. The maximum Gasteiger partial charge on any atom is 0.234 e. The summed E-state index contributed by atoms with van der Waals surface area (Å²) in [4.78, 5) is 13.3. The number of amides is 1. The molecule has 0 aromatic heterocycles. The second kappa shape index (κ2) is 6.05. The van der Waals surface area contributed by atoms with Crippen LogP contribution in [0, 0.1) is 0 Å². The van der Waals surface area contributed by atoms with E-state index >= 15 is 0 Å². The number of morpholine rings is 1. The fourth-order valence-corrected chi connectivity index (χ4v) is 2.02. The summed E-state index contributed by atoms with van der Waals surface area (Å²) in [6, 6.07) is -0.145. The molecule has 0 aromatic carbocycles. The zero-order chi connectivity index (χ0) is 11.3. The zero-order valence-corrected chi connectivity index (χ0v) is 9.53. The number of nitrogens with zero attached hydrogens (tertiary/aromatic N) is 1. The highest BCUT2D eigenvalue weighted by Crippen LogP contribution is 2.10. The van der Waals surface area contributed by atoms with Crippen molar-refractivity contribution in [2.45, 2.75) is 25.5 Å². The van der Waals surface area contributed by atoms with Crippen molar-refractivity contribution in [2.24, 2.45) is 5.73 Å². The van der Waals surface area contributed by atoms with Crippen LogP contribution < -0.4 is 11.1 Å². The number of ether oxygens (including phenoxy) is 1. The predicted octanol–water partition coefficient (Wildman–Crippen LogP) is -0.829. The van der Waals surface area contributed by atoms with Gasteiger partial charge in [0, 0.05) is 19.6 Å². The van der Waals surface area contributed by atoms with Crippen molar-refractivity contribution in [3.8, 4) is 0 Å². The molecule has 1 saturated heterocycles. The highest BCUT2D eigenvalue weighted by Gasteiger charge is 2.27. The van der Waals surface area contributed by atoms with Gasteiger partial charge in [0.05, 0.1) is 18.8 Å². The van der Waals surface area contributed by atoms with Gasteiger partial charge in [-0.1, -0.05) is 6.92 Å². The van der Waals surface area contributed by atoms with E-state index in [0.29, 0.717) is 6.61 Å². The Morgan fingerprint density at radius 3 is 3.00 bits per heavy atom. The van der Waals surface area contributed by atoms with Gasteiger partial charge < -0.3 is 15.8 Å². The second-order valence-electron chi connectivity index (χ2n) is 3.87. The molecule has 3 N–H and O–H groups in total. The van der Waals surface area contributed by atoms with Gasteiger partial charge in [-0.15, -0.1) is 0 Å². The van der Waals surface area contributed by atoms with Gasteiger partial charge in [-0.25, -0.2) is 0 Å². The third-order valence-electron chi connectivity index (χ3n) is 2.76. The maximum atomic E-state index is 11.2. The Hall–Kier alpha value is -0.650. The summed E-state index contributed by atoms with van der Waals surface area (Å²) in [5.41, 5.74) is 5.36. The Morgan fingerprint density at radius 1 is 1.73 bits per heavy atom. The van der Waals surface area contributed by atoms with E-state index < -0.39 is 0 Å². The highest BCUT2D eigenvalue weighted by atomic mass is 16.5. The van der Waals surface area contributed by atoms with Crippen molar-refractivity contribution in [1.82, 2.24) is 10.2 Å². The Kier molecular flexibility index (Phi) is 5.01. The molecule has 1 amide bonds. The van der Waals surface area contributed by atoms with E-state index in [1.165, 1.54) is 0 Å². The lowest BCUT2D eigenvalue weighted by molar-refractivity contribution is -0.126. The van der Waals surface area contributed by atoms with Gasteiger partial charge in [0.25, 0.3) is 0 Å². The predicted molar refractivity (Wildman–Crippen MR) is 58.5 cm³/mol. The van der Waals surface area contributed by atoms with E-state index in [-0.39, 0.29) is 18.1 Å². The molecular weight excluding hydrogens is 194 g/mol. The van der Waals surface area contributed by atoms with Crippen LogP contribution in [0.1, 0.15) is 13.3 Å². The van der Waals surface area contributed by atoms with Gasteiger partial charge in [-0.2, -0.15) is 0 Å². The highest BCUT2D eigenvalue weighted by molar-refractivity contribution is 5.79. The molecule has 1 fully saturated rings. The van der Waals surface area contributed by atoms with Gasteiger partial charge >= 0.3 is 0 Å². The molecule has 5 heteroatoms. The maximum absolute atomic E-state index is 11.2. The molecule has 0 spiro atoms. The van der Waals surface area contributed by atoms with Crippen molar-refractivity contribution >= 4 is 5.91 Å². The molecule has 0 aromatic rings. The lowest BCUT2D eigenvalue weighted by Crippen LogP contribution is -2.53. The number of carbonyl (C=O) groups excluding carboxylic acids is 1. The van der Waals surface area contributed by atoms with Gasteiger partial charge in [0.1, 0.15) is 0 Å². The lowest BCUT2D eigenvalue weighted by Gasteiger charge is -2.36. The third kappa shape index (κ3) is 3.44. The van der Waals surface area contributed by atoms with E-state index in [1.807, 2.05) is 14.0 Å². The molecule has 0 aliphatic carbocycles. The van der Waals surface area contributed by atoms with Crippen molar-refractivity contribution in [3.63, 3.8) is 0 Å². The average molecular weight is 215 g/mol. The Morgan fingerprint density at radius 2 is 2.47 bits per heavy atom. The van der Waals surface area contributed by atoms with Crippen LogP contribution >= 0.6 is 0 Å². The molecule has 0 bridgehead atoms. The minimum absolute atomic E-state index is 0.145. The van der Waals surface area contributed by atoms with E-state index in [9.17, 15) is 4.79 Å². The summed E-state index contributed by atoms with van der Waals surface area (Å²) in [6.45, 7) is 5.05. The second-order valence-corrected chi connectivity index (χ2v) is 3.87. The van der Waals surface area contributed by atoms with Gasteiger partial charge in [-0.05, 0) is 13.5 Å². The van der Waals surface area contributed by atoms with Crippen molar-refractivity contribution in [3.05, 3.63) is 0 Å². The van der Waals surface area contributed by atoms with Crippen molar-refractivity contribution in [2.75, 3.05) is 33.3 Å². The van der Waals surface area contributed by atoms with Crippen LogP contribution in [0.25, 0.3) is 0 Å². The number of nitrogens with one attached hydrogen (secondary N) is 1. The number of rotatable bonds is 5. The smallest absolute Gasteiger partial charge is 0.234 e. The number of carbonyl (C=O) groups is 1. The summed E-state index contributed by atoms with van der Waals surface area (Å²) in [6.07, 6.45) is 0.930. The first-order chi connectivity index (χ1) is 7.19. The Labute approximate surface area is 90.9 Å². The number of hydrogen-bond donors (Lipinski definition) is 2. The molecule has 1 heterocycles. The molecule has 0 radical (unpaired) electrons. The van der Waals surface area contributed by atoms with E-state index in [1.54, 1.807) is 0 Å². The summed E-state index contributed by atoms with van der Waals surface area (Å²) in [5.74, 6) is -0.234. The van der Waals surface area contributed by atoms with Gasteiger partial charge in [-0.3, -0.25) is 9.69 Å². The fraction of sp³-hybridized carbons (Fsp3) is 0.900. The van der Waals surface area contributed by atoms with Crippen LogP contribution in [0.5, 0.6) is 0 Å². The molecule has 2 atom stereocenters. The first kappa shape index (κ1) is 12.4.